The number of hydrogen-bond donors (Lipinski definition) is 1. The highest BCUT2D eigenvalue weighted by Crippen LogP contribution is 2.25. The van der Waals surface area contributed by atoms with E-state index in [2.05, 4.69) is 40.3 Å². The van der Waals surface area contributed by atoms with Crippen molar-refractivity contribution >= 4 is 33.6 Å². The Hall–Kier alpha value is -0.520. The van der Waals surface area contributed by atoms with E-state index in [0.717, 1.165) is 30.7 Å². The van der Waals surface area contributed by atoms with Crippen molar-refractivity contribution in [1.29, 1.82) is 0 Å². The predicted octanol–water partition coefficient (Wildman–Crippen LogP) is 2.28. The second-order valence-corrected chi connectivity index (χ2v) is 6.26. The first kappa shape index (κ1) is 13.9. The van der Waals surface area contributed by atoms with Crippen molar-refractivity contribution < 1.29 is 4.79 Å². The lowest BCUT2D eigenvalue weighted by molar-refractivity contribution is -0.128. The molecule has 0 saturated carbocycles. The number of benzene rings is 1. The second kappa shape index (κ2) is 6.59. The van der Waals surface area contributed by atoms with Crippen molar-refractivity contribution in [2.45, 2.75) is 11.8 Å². The van der Waals surface area contributed by atoms with Crippen LogP contribution in [0.1, 0.15) is 5.56 Å². The molecule has 5 heteroatoms. The quantitative estimate of drug-likeness (QED) is 0.864. The molecule has 1 aromatic rings. The first-order valence-electron chi connectivity index (χ1n) is 6.04. The number of piperazine rings is 1. The SMILES string of the molecule is Cc1cc(Br)ccc1SCC(=O)N1CCNCC1. The first-order chi connectivity index (χ1) is 8.66. The zero-order valence-electron chi connectivity index (χ0n) is 10.4. The molecule has 0 spiro atoms. The van der Waals surface area contributed by atoms with E-state index in [1.165, 1.54) is 10.5 Å². The maximum atomic E-state index is 12.0. The fourth-order valence-corrected chi connectivity index (χ4v) is 3.31. The van der Waals surface area contributed by atoms with E-state index < -0.39 is 0 Å². The molecular formula is C13H17BrN2OS. The van der Waals surface area contributed by atoms with Crippen LogP contribution >= 0.6 is 27.7 Å². The van der Waals surface area contributed by atoms with Crippen LogP contribution in [0.2, 0.25) is 0 Å². The van der Waals surface area contributed by atoms with Gasteiger partial charge in [-0.25, -0.2) is 0 Å². The standard InChI is InChI=1S/C13H17BrN2OS/c1-10-8-11(14)2-3-12(10)18-9-13(17)16-6-4-15-5-7-16/h2-3,8,15H,4-7,9H2,1H3. The minimum absolute atomic E-state index is 0.240. The van der Waals surface area contributed by atoms with Crippen molar-refractivity contribution in [3.05, 3.63) is 28.2 Å². The molecule has 2 rings (SSSR count). The molecule has 0 atom stereocenters. The number of carbonyl (C=O) groups is 1. The zero-order chi connectivity index (χ0) is 13.0. The molecule has 1 aliphatic heterocycles. The highest BCUT2D eigenvalue weighted by Gasteiger charge is 2.16. The molecule has 18 heavy (non-hydrogen) atoms. The number of thioether (sulfide) groups is 1. The smallest absolute Gasteiger partial charge is 0.233 e. The topological polar surface area (TPSA) is 32.3 Å². The molecule has 1 aromatic carbocycles. The fraction of sp³-hybridized carbons (Fsp3) is 0.462. The minimum Gasteiger partial charge on any atom is -0.339 e. The van der Waals surface area contributed by atoms with Gasteiger partial charge in [0.25, 0.3) is 0 Å². The average molecular weight is 329 g/mol. The van der Waals surface area contributed by atoms with Crippen molar-refractivity contribution in [2.75, 3.05) is 31.9 Å². The Balaban J connectivity index is 1.88. The molecule has 1 heterocycles. The third kappa shape index (κ3) is 3.73. The third-order valence-corrected chi connectivity index (χ3v) is 4.61. The molecule has 0 aliphatic carbocycles. The van der Waals surface area contributed by atoms with E-state index in [4.69, 9.17) is 0 Å². The molecule has 1 amide bonds. The number of halogens is 1. The largest absolute Gasteiger partial charge is 0.339 e. The van der Waals surface area contributed by atoms with Crippen LogP contribution < -0.4 is 5.32 Å². The number of carbonyl (C=O) groups excluding carboxylic acids is 1. The van der Waals surface area contributed by atoms with Gasteiger partial charge in [0.15, 0.2) is 0 Å². The molecule has 1 N–H and O–H groups in total. The Morgan fingerprint density at radius 2 is 2.17 bits per heavy atom. The molecule has 1 fully saturated rings. The maximum Gasteiger partial charge on any atom is 0.233 e. The van der Waals surface area contributed by atoms with Crippen LogP contribution in [0.25, 0.3) is 0 Å². The van der Waals surface area contributed by atoms with E-state index in [1.807, 2.05) is 11.0 Å². The highest BCUT2D eigenvalue weighted by molar-refractivity contribution is 9.10. The van der Waals surface area contributed by atoms with Crippen molar-refractivity contribution in [3.8, 4) is 0 Å². The number of amides is 1. The fourth-order valence-electron chi connectivity index (χ4n) is 1.92. The summed E-state index contributed by atoms with van der Waals surface area (Å²) in [6, 6.07) is 6.16. The van der Waals surface area contributed by atoms with Gasteiger partial charge in [-0.05, 0) is 30.7 Å². The summed E-state index contributed by atoms with van der Waals surface area (Å²) >= 11 is 5.07. The molecule has 98 valence electrons. The summed E-state index contributed by atoms with van der Waals surface area (Å²) in [4.78, 5) is 15.1. The number of rotatable bonds is 3. The van der Waals surface area contributed by atoms with Gasteiger partial charge in [-0.2, -0.15) is 0 Å². The Morgan fingerprint density at radius 1 is 1.44 bits per heavy atom. The maximum absolute atomic E-state index is 12.0. The first-order valence-corrected chi connectivity index (χ1v) is 7.82. The van der Waals surface area contributed by atoms with E-state index in [1.54, 1.807) is 11.8 Å². The second-order valence-electron chi connectivity index (χ2n) is 4.33. The summed E-state index contributed by atoms with van der Waals surface area (Å²) in [5.41, 5.74) is 1.21. The molecule has 0 radical (unpaired) electrons. The van der Waals surface area contributed by atoms with Gasteiger partial charge < -0.3 is 10.2 Å². The summed E-state index contributed by atoms with van der Waals surface area (Å²) in [6.45, 7) is 5.56. The van der Waals surface area contributed by atoms with Crippen LogP contribution in [-0.4, -0.2) is 42.7 Å². The Morgan fingerprint density at radius 3 is 2.83 bits per heavy atom. The summed E-state index contributed by atoms with van der Waals surface area (Å²) in [5, 5.41) is 3.25. The Labute approximate surface area is 120 Å². The van der Waals surface area contributed by atoms with Crippen LogP contribution in [0.5, 0.6) is 0 Å². The molecule has 1 aliphatic rings. The van der Waals surface area contributed by atoms with Gasteiger partial charge in [0.1, 0.15) is 0 Å². The van der Waals surface area contributed by atoms with E-state index in [-0.39, 0.29) is 5.91 Å². The van der Waals surface area contributed by atoms with E-state index >= 15 is 0 Å². The van der Waals surface area contributed by atoms with Crippen molar-refractivity contribution in [2.24, 2.45) is 0 Å². The Kier molecular flexibility index (Phi) is 5.09. The molecule has 0 aromatic heterocycles. The lowest BCUT2D eigenvalue weighted by Gasteiger charge is -2.27. The molecule has 0 bridgehead atoms. The lowest BCUT2D eigenvalue weighted by Crippen LogP contribution is -2.47. The van der Waals surface area contributed by atoms with Crippen LogP contribution in [0.4, 0.5) is 0 Å². The van der Waals surface area contributed by atoms with Gasteiger partial charge in [0, 0.05) is 35.5 Å². The molecule has 1 saturated heterocycles. The number of aryl methyl sites for hydroxylation is 1. The van der Waals surface area contributed by atoms with Crippen molar-refractivity contribution in [3.63, 3.8) is 0 Å². The monoisotopic (exact) mass is 328 g/mol. The summed E-state index contributed by atoms with van der Waals surface area (Å²) in [5.74, 6) is 0.770. The summed E-state index contributed by atoms with van der Waals surface area (Å²) in [7, 11) is 0. The van der Waals surface area contributed by atoms with Gasteiger partial charge in [-0.15, -0.1) is 11.8 Å². The van der Waals surface area contributed by atoms with Crippen LogP contribution in [-0.2, 0) is 4.79 Å². The number of nitrogens with zero attached hydrogens (tertiary/aromatic N) is 1. The normalized spacial score (nSPS) is 15.8. The summed E-state index contributed by atoms with van der Waals surface area (Å²) < 4.78 is 1.08. The van der Waals surface area contributed by atoms with Gasteiger partial charge in [0.2, 0.25) is 5.91 Å². The van der Waals surface area contributed by atoms with Crippen LogP contribution in [0.15, 0.2) is 27.6 Å². The predicted molar refractivity (Wildman–Crippen MR) is 79.1 cm³/mol. The minimum atomic E-state index is 0.240. The van der Waals surface area contributed by atoms with Gasteiger partial charge in [-0.1, -0.05) is 15.9 Å². The van der Waals surface area contributed by atoms with Gasteiger partial charge >= 0.3 is 0 Å². The van der Waals surface area contributed by atoms with Crippen LogP contribution in [0.3, 0.4) is 0 Å². The van der Waals surface area contributed by atoms with E-state index in [0.29, 0.717) is 5.75 Å². The van der Waals surface area contributed by atoms with Crippen LogP contribution in [0, 0.1) is 6.92 Å². The highest BCUT2D eigenvalue weighted by atomic mass is 79.9. The van der Waals surface area contributed by atoms with E-state index in [9.17, 15) is 4.79 Å². The molecule has 0 unspecified atom stereocenters. The van der Waals surface area contributed by atoms with Crippen molar-refractivity contribution in [1.82, 2.24) is 10.2 Å². The summed E-state index contributed by atoms with van der Waals surface area (Å²) in [6.07, 6.45) is 0. The number of nitrogens with one attached hydrogen (secondary N) is 1. The van der Waals surface area contributed by atoms with Gasteiger partial charge in [0.05, 0.1) is 5.75 Å². The zero-order valence-corrected chi connectivity index (χ0v) is 12.8. The molecule has 3 nitrogen and oxygen atoms in total. The Bertz CT molecular complexity index is 433. The third-order valence-electron chi connectivity index (χ3n) is 2.96. The lowest BCUT2D eigenvalue weighted by atomic mass is 10.2. The van der Waals surface area contributed by atoms with Gasteiger partial charge in [-0.3, -0.25) is 4.79 Å². The average Bonchev–Trinajstić information content (AvgIpc) is 2.38. The number of hydrogen-bond acceptors (Lipinski definition) is 3. The molecular weight excluding hydrogens is 312 g/mol.